The van der Waals surface area contributed by atoms with Crippen molar-refractivity contribution in [2.45, 2.75) is 35.6 Å². The van der Waals surface area contributed by atoms with E-state index in [-0.39, 0.29) is 4.90 Å². The number of thioether (sulfide) groups is 1. The standard InChI is InChI=1S/C19H25N5O5S2/c1-13-9-15(22-29-13)12-30-19-21-20-18(24(19)11-17(27-4)28-5)14-7-6-8-16(10-14)31(25,26)23(2)3/h6-10,17H,11-12H2,1-5H3. The van der Waals surface area contributed by atoms with E-state index in [0.29, 0.717) is 28.8 Å². The molecule has 1 aromatic carbocycles. The van der Waals surface area contributed by atoms with E-state index in [1.54, 1.807) is 38.5 Å². The Kier molecular flexibility index (Phi) is 7.49. The van der Waals surface area contributed by atoms with Gasteiger partial charge in [-0.1, -0.05) is 29.1 Å². The van der Waals surface area contributed by atoms with Crippen LogP contribution in [0.15, 0.2) is 44.9 Å². The predicted octanol–water partition coefficient (Wildman–Crippen LogP) is 2.40. The summed E-state index contributed by atoms with van der Waals surface area (Å²) in [6.45, 7) is 2.15. The van der Waals surface area contributed by atoms with Crippen LogP contribution in [0.3, 0.4) is 0 Å². The molecule has 168 valence electrons. The van der Waals surface area contributed by atoms with Gasteiger partial charge in [0.1, 0.15) is 5.76 Å². The Balaban J connectivity index is 1.98. The quantitative estimate of drug-likeness (QED) is 0.328. The molecule has 0 bridgehead atoms. The molecule has 0 amide bonds. The molecule has 2 aromatic heterocycles. The van der Waals surface area contributed by atoms with E-state index in [1.807, 2.05) is 17.6 Å². The maximum Gasteiger partial charge on any atom is 0.242 e. The number of aryl methyl sites for hydroxylation is 1. The topological polar surface area (TPSA) is 113 Å². The highest BCUT2D eigenvalue weighted by molar-refractivity contribution is 7.98. The van der Waals surface area contributed by atoms with Gasteiger partial charge < -0.3 is 14.0 Å². The number of rotatable bonds is 10. The lowest BCUT2D eigenvalue weighted by Crippen LogP contribution is -2.22. The second kappa shape index (κ2) is 9.92. The zero-order chi connectivity index (χ0) is 22.6. The van der Waals surface area contributed by atoms with Crippen LogP contribution in [0.2, 0.25) is 0 Å². The fourth-order valence-corrected chi connectivity index (χ4v) is 4.58. The summed E-state index contributed by atoms with van der Waals surface area (Å²) in [5, 5.41) is 13.3. The monoisotopic (exact) mass is 467 g/mol. The molecule has 0 radical (unpaired) electrons. The van der Waals surface area contributed by atoms with Crippen molar-refractivity contribution in [1.29, 1.82) is 0 Å². The Hall–Kier alpha value is -2.25. The Morgan fingerprint density at radius 3 is 2.55 bits per heavy atom. The van der Waals surface area contributed by atoms with Crippen LogP contribution in [0.4, 0.5) is 0 Å². The fraction of sp³-hybridized carbons (Fsp3) is 0.421. The first-order chi connectivity index (χ1) is 14.8. The highest BCUT2D eigenvalue weighted by Crippen LogP contribution is 2.28. The van der Waals surface area contributed by atoms with E-state index in [4.69, 9.17) is 14.0 Å². The zero-order valence-electron chi connectivity index (χ0n) is 18.0. The van der Waals surface area contributed by atoms with Gasteiger partial charge in [0.2, 0.25) is 10.0 Å². The Bertz CT molecular complexity index is 1120. The van der Waals surface area contributed by atoms with Crippen LogP contribution < -0.4 is 0 Å². The molecular formula is C19H25N5O5S2. The number of aromatic nitrogens is 4. The summed E-state index contributed by atoms with van der Waals surface area (Å²) in [5.74, 6) is 1.78. The van der Waals surface area contributed by atoms with E-state index in [2.05, 4.69) is 15.4 Å². The zero-order valence-corrected chi connectivity index (χ0v) is 19.6. The Labute approximate surface area is 185 Å². The molecule has 3 aromatic rings. The fourth-order valence-electron chi connectivity index (χ4n) is 2.80. The summed E-state index contributed by atoms with van der Waals surface area (Å²) >= 11 is 1.44. The molecule has 31 heavy (non-hydrogen) atoms. The van der Waals surface area contributed by atoms with Gasteiger partial charge in [0.05, 0.1) is 17.1 Å². The van der Waals surface area contributed by atoms with Gasteiger partial charge in [-0.05, 0) is 19.1 Å². The molecule has 0 N–H and O–H groups in total. The maximum atomic E-state index is 12.6. The Morgan fingerprint density at radius 1 is 1.19 bits per heavy atom. The minimum absolute atomic E-state index is 0.173. The minimum atomic E-state index is -3.59. The van der Waals surface area contributed by atoms with Gasteiger partial charge in [0.25, 0.3) is 0 Å². The van der Waals surface area contributed by atoms with Crippen molar-refractivity contribution in [2.24, 2.45) is 0 Å². The van der Waals surface area contributed by atoms with Crippen LogP contribution >= 0.6 is 11.8 Å². The van der Waals surface area contributed by atoms with Crippen LogP contribution in [0.5, 0.6) is 0 Å². The molecule has 2 heterocycles. The van der Waals surface area contributed by atoms with Crippen molar-refractivity contribution in [3.63, 3.8) is 0 Å². The van der Waals surface area contributed by atoms with E-state index >= 15 is 0 Å². The average Bonchev–Trinajstić information content (AvgIpc) is 3.35. The van der Waals surface area contributed by atoms with E-state index < -0.39 is 16.3 Å². The number of hydrogen-bond donors (Lipinski definition) is 0. The van der Waals surface area contributed by atoms with Crippen LogP contribution in [-0.2, 0) is 31.8 Å². The van der Waals surface area contributed by atoms with Crippen molar-refractivity contribution in [2.75, 3.05) is 28.3 Å². The second-order valence-electron chi connectivity index (χ2n) is 6.85. The second-order valence-corrected chi connectivity index (χ2v) is 9.94. The van der Waals surface area contributed by atoms with E-state index in [9.17, 15) is 8.42 Å². The van der Waals surface area contributed by atoms with Gasteiger partial charge in [-0.15, -0.1) is 10.2 Å². The lowest BCUT2D eigenvalue weighted by atomic mass is 10.2. The van der Waals surface area contributed by atoms with Crippen molar-refractivity contribution < 1.29 is 22.4 Å². The molecule has 0 saturated heterocycles. The van der Waals surface area contributed by atoms with E-state index in [0.717, 1.165) is 11.5 Å². The van der Waals surface area contributed by atoms with Crippen LogP contribution in [-0.4, -0.2) is 67.2 Å². The maximum absolute atomic E-state index is 12.6. The van der Waals surface area contributed by atoms with Gasteiger partial charge in [-0.2, -0.15) is 0 Å². The average molecular weight is 468 g/mol. The summed E-state index contributed by atoms with van der Waals surface area (Å²) in [7, 11) is 2.50. The number of sulfonamides is 1. The molecule has 0 spiro atoms. The van der Waals surface area contributed by atoms with Crippen molar-refractivity contribution in [3.8, 4) is 11.4 Å². The highest BCUT2D eigenvalue weighted by atomic mass is 32.2. The van der Waals surface area contributed by atoms with Gasteiger partial charge in [-0.3, -0.25) is 4.57 Å². The SMILES string of the molecule is COC(Cn1c(SCc2cc(C)on2)nnc1-c1cccc(S(=O)(=O)N(C)C)c1)OC. The molecule has 0 saturated carbocycles. The minimum Gasteiger partial charge on any atom is -0.361 e. The molecule has 3 rings (SSSR count). The van der Waals surface area contributed by atoms with Crippen molar-refractivity contribution in [3.05, 3.63) is 41.8 Å². The first kappa shape index (κ1) is 23.4. The number of methoxy groups -OCH3 is 2. The third-order valence-electron chi connectivity index (χ3n) is 4.47. The van der Waals surface area contributed by atoms with Crippen molar-refractivity contribution in [1.82, 2.24) is 24.2 Å². The summed E-state index contributed by atoms with van der Waals surface area (Å²) in [4.78, 5) is 0.173. The lowest BCUT2D eigenvalue weighted by molar-refractivity contribution is -0.111. The Morgan fingerprint density at radius 2 is 1.94 bits per heavy atom. The highest BCUT2D eigenvalue weighted by Gasteiger charge is 2.22. The van der Waals surface area contributed by atoms with Crippen LogP contribution in [0.25, 0.3) is 11.4 Å². The lowest BCUT2D eigenvalue weighted by Gasteiger charge is -2.17. The normalized spacial score (nSPS) is 12.2. The van der Waals surface area contributed by atoms with Crippen molar-refractivity contribution >= 4 is 21.8 Å². The van der Waals surface area contributed by atoms with Crippen LogP contribution in [0.1, 0.15) is 11.5 Å². The molecule has 0 aliphatic heterocycles. The first-order valence-corrected chi connectivity index (χ1v) is 11.8. The molecule has 12 heteroatoms. The largest absolute Gasteiger partial charge is 0.361 e. The first-order valence-electron chi connectivity index (χ1n) is 9.33. The number of nitrogens with zero attached hydrogens (tertiary/aromatic N) is 5. The molecule has 0 aliphatic rings. The summed E-state index contributed by atoms with van der Waals surface area (Å²) in [5.41, 5.74) is 1.40. The smallest absolute Gasteiger partial charge is 0.242 e. The molecule has 0 fully saturated rings. The molecule has 0 aliphatic carbocycles. The number of benzene rings is 1. The summed E-state index contributed by atoms with van der Waals surface area (Å²) in [6.07, 6.45) is -0.530. The van der Waals surface area contributed by atoms with Gasteiger partial charge in [-0.25, -0.2) is 12.7 Å². The summed E-state index contributed by atoms with van der Waals surface area (Å²) < 4.78 is 44.0. The third kappa shape index (κ3) is 5.33. The van der Waals surface area contributed by atoms with E-state index in [1.165, 1.54) is 30.2 Å². The third-order valence-corrected chi connectivity index (χ3v) is 7.28. The molecule has 10 nitrogen and oxygen atoms in total. The molecule has 0 atom stereocenters. The predicted molar refractivity (Wildman–Crippen MR) is 115 cm³/mol. The van der Waals surface area contributed by atoms with Gasteiger partial charge in [0.15, 0.2) is 17.3 Å². The van der Waals surface area contributed by atoms with Gasteiger partial charge >= 0.3 is 0 Å². The molecule has 0 unspecified atom stereocenters. The molecular weight excluding hydrogens is 442 g/mol. The van der Waals surface area contributed by atoms with Gasteiger partial charge in [0, 0.05) is 45.7 Å². The number of hydrogen-bond acceptors (Lipinski definition) is 9. The van der Waals surface area contributed by atoms with Crippen LogP contribution in [0, 0.1) is 6.92 Å². The number of ether oxygens (including phenoxy) is 2. The summed E-state index contributed by atoms with van der Waals surface area (Å²) in [6, 6.07) is 8.46.